The third-order valence-electron chi connectivity index (χ3n) is 1.88. The van der Waals surface area contributed by atoms with Gasteiger partial charge in [-0.05, 0) is 43.2 Å². The first-order valence-electron chi connectivity index (χ1n) is 3.94. The molecule has 0 saturated heterocycles. The number of pyridine rings is 1. The highest BCUT2D eigenvalue weighted by Crippen LogP contribution is 2.14. The Morgan fingerprint density at radius 1 is 1.25 bits per heavy atom. The van der Waals surface area contributed by atoms with Gasteiger partial charge in [0, 0.05) is 11.6 Å². The van der Waals surface area contributed by atoms with Gasteiger partial charge in [-0.25, -0.2) is 0 Å². The Bertz CT molecular complexity index is 382. The van der Waals surface area contributed by atoms with Crippen LogP contribution in [0.4, 0.5) is 0 Å². The molecular formula is C11H10N. The van der Waals surface area contributed by atoms with E-state index in [0.717, 1.165) is 11.1 Å². The highest BCUT2D eigenvalue weighted by molar-refractivity contribution is 5.79. The molecule has 0 fully saturated rings. The number of aromatic nitrogens is 1. The van der Waals surface area contributed by atoms with Gasteiger partial charge in [0.25, 0.3) is 0 Å². The summed E-state index contributed by atoms with van der Waals surface area (Å²) in [5, 5.41) is 1.17. The van der Waals surface area contributed by atoms with Crippen molar-refractivity contribution in [2.24, 2.45) is 0 Å². The minimum absolute atomic E-state index is 1.04. The Morgan fingerprint density at radius 2 is 2.08 bits per heavy atom. The van der Waals surface area contributed by atoms with Crippen LogP contribution < -0.4 is 0 Å². The molecule has 0 unspecified atom stereocenters. The van der Waals surface area contributed by atoms with Crippen molar-refractivity contribution in [3.63, 3.8) is 0 Å². The molecule has 59 valence electrons. The topological polar surface area (TPSA) is 12.9 Å². The van der Waals surface area contributed by atoms with Crippen LogP contribution in [-0.4, -0.2) is 4.98 Å². The fraction of sp³-hybridized carbons (Fsp3) is 0.0909. The molecule has 0 N–H and O–H groups in total. The Labute approximate surface area is 72.1 Å². The quantitative estimate of drug-likeness (QED) is 0.571. The third kappa shape index (κ3) is 1.18. The zero-order chi connectivity index (χ0) is 8.55. The number of aryl methyl sites for hydroxylation is 1. The van der Waals surface area contributed by atoms with Crippen LogP contribution in [-0.2, 0) is 0 Å². The van der Waals surface area contributed by atoms with E-state index in [2.05, 4.69) is 24.0 Å². The van der Waals surface area contributed by atoms with Crippen molar-refractivity contribution < 1.29 is 0 Å². The molecule has 1 heterocycles. The molecule has 0 atom stereocenters. The van der Waals surface area contributed by atoms with E-state index in [0.29, 0.717) is 0 Å². The molecule has 1 nitrogen and oxygen atoms in total. The summed E-state index contributed by atoms with van der Waals surface area (Å²) in [5.41, 5.74) is 3.26. The van der Waals surface area contributed by atoms with Gasteiger partial charge < -0.3 is 0 Å². The second-order valence-corrected chi connectivity index (χ2v) is 3.04. The molecule has 1 radical (unpaired) electrons. The number of nitrogens with zero attached hydrogens (tertiary/aromatic N) is 1. The number of benzene rings is 1. The van der Waals surface area contributed by atoms with Crippen LogP contribution in [0.2, 0.25) is 0 Å². The highest BCUT2D eigenvalue weighted by Gasteiger charge is 1.94. The molecule has 2 rings (SSSR count). The zero-order valence-corrected chi connectivity index (χ0v) is 7.04. The maximum absolute atomic E-state index is 4.29. The molecule has 0 saturated carbocycles. The lowest BCUT2D eigenvalue weighted by Gasteiger charge is -1.98. The Balaban J connectivity index is 2.80. The average molecular weight is 156 g/mol. The Kier molecular flexibility index (Phi) is 1.58. The first-order valence-corrected chi connectivity index (χ1v) is 3.94. The zero-order valence-electron chi connectivity index (χ0n) is 7.04. The second-order valence-electron chi connectivity index (χ2n) is 3.04. The van der Waals surface area contributed by atoms with Crippen molar-refractivity contribution >= 4 is 10.9 Å². The van der Waals surface area contributed by atoms with Gasteiger partial charge in [-0.2, -0.15) is 0 Å². The fourth-order valence-electron chi connectivity index (χ4n) is 1.29. The summed E-state index contributed by atoms with van der Waals surface area (Å²) in [7, 11) is 0. The molecular weight excluding hydrogens is 146 g/mol. The normalized spacial score (nSPS) is 10.5. The van der Waals surface area contributed by atoms with Crippen LogP contribution in [0.1, 0.15) is 11.1 Å². The smallest absolute Gasteiger partial charge is 0.0702 e. The van der Waals surface area contributed by atoms with E-state index < -0.39 is 0 Å². The number of hydrogen-bond donors (Lipinski definition) is 0. The molecule has 12 heavy (non-hydrogen) atoms. The van der Waals surface area contributed by atoms with Gasteiger partial charge >= 0.3 is 0 Å². The van der Waals surface area contributed by atoms with Gasteiger partial charge in [-0.15, -0.1) is 0 Å². The first-order chi connectivity index (χ1) is 5.75. The maximum Gasteiger partial charge on any atom is 0.0702 e. The van der Waals surface area contributed by atoms with E-state index >= 15 is 0 Å². The summed E-state index contributed by atoms with van der Waals surface area (Å²) in [6, 6.07) is 8.15. The maximum atomic E-state index is 4.29. The fourth-order valence-corrected chi connectivity index (χ4v) is 1.29. The van der Waals surface area contributed by atoms with Crippen molar-refractivity contribution in [1.82, 2.24) is 4.98 Å². The summed E-state index contributed by atoms with van der Waals surface area (Å²) in [5.74, 6) is 0. The van der Waals surface area contributed by atoms with Gasteiger partial charge in [-0.3, -0.25) is 4.98 Å². The van der Waals surface area contributed by atoms with Gasteiger partial charge in [0.05, 0.1) is 5.52 Å². The van der Waals surface area contributed by atoms with Gasteiger partial charge in [-0.1, -0.05) is 6.07 Å². The standard InChI is InChI=1S/C11H10N/c1-8-3-4-11-10(5-8)6-9(2)7-12-11/h3-7H,1H2,2H3. The van der Waals surface area contributed by atoms with Crippen molar-refractivity contribution in [3.8, 4) is 0 Å². The second kappa shape index (κ2) is 2.59. The Hall–Kier alpha value is -1.37. The lowest BCUT2D eigenvalue weighted by molar-refractivity contribution is 1.33. The molecule has 1 aromatic heterocycles. The lowest BCUT2D eigenvalue weighted by Crippen LogP contribution is -1.81. The molecule has 0 amide bonds. The first kappa shape index (κ1) is 7.29. The molecule has 0 aliphatic rings. The van der Waals surface area contributed by atoms with Crippen LogP contribution in [0.15, 0.2) is 30.5 Å². The van der Waals surface area contributed by atoms with Gasteiger partial charge in [0.1, 0.15) is 0 Å². The number of rotatable bonds is 0. The molecule has 1 aromatic carbocycles. The average Bonchev–Trinajstić information content (AvgIpc) is 2.03. The van der Waals surface area contributed by atoms with Gasteiger partial charge in [0.2, 0.25) is 0 Å². The van der Waals surface area contributed by atoms with Crippen molar-refractivity contribution in [3.05, 3.63) is 48.5 Å². The van der Waals surface area contributed by atoms with Crippen LogP contribution in [0.25, 0.3) is 10.9 Å². The van der Waals surface area contributed by atoms with Crippen molar-refractivity contribution in [2.75, 3.05) is 0 Å². The molecule has 0 aliphatic carbocycles. The van der Waals surface area contributed by atoms with Gasteiger partial charge in [0.15, 0.2) is 0 Å². The molecule has 0 spiro atoms. The SMILES string of the molecule is [CH2]c1ccc2ncc(C)cc2c1. The summed E-state index contributed by atoms with van der Waals surface area (Å²) in [4.78, 5) is 4.29. The highest BCUT2D eigenvalue weighted by atomic mass is 14.6. The van der Waals surface area contributed by atoms with E-state index in [9.17, 15) is 0 Å². The van der Waals surface area contributed by atoms with E-state index in [-0.39, 0.29) is 0 Å². The predicted octanol–water partition coefficient (Wildman–Crippen LogP) is 2.73. The van der Waals surface area contributed by atoms with E-state index in [1.807, 2.05) is 25.3 Å². The predicted molar refractivity (Wildman–Crippen MR) is 50.9 cm³/mol. The summed E-state index contributed by atoms with van der Waals surface area (Å²) < 4.78 is 0. The minimum Gasteiger partial charge on any atom is -0.256 e. The van der Waals surface area contributed by atoms with Crippen molar-refractivity contribution in [2.45, 2.75) is 6.92 Å². The van der Waals surface area contributed by atoms with E-state index in [4.69, 9.17) is 0 Å². The van der Waals surface area contributed by atoms with Crippen LogP contribution in [0.3, 0.4) is 0 Å². The molecule has 1 heteroatoms. The molecule has 0 bridgehead atoms. The third-order valence-corrected chi connectivity index (χ3v) is 1.88. The van der Waals surface area contributed by atoms with E-state index in [1.165, 1.54) is 10.9 Å². The van der Waals surface area contributed by atoms with Crippen molar-refractivity contribution in [1.29, 1.82) is 0 Å². The van der Waals surface area contributed by atoms with Crippen LogP contribution >= 0.6 is 0 Å². The molecule has 0 aliphatic heterocycles. The summed E-state index contributed by atoms with van der Waals surface area (Å²) >= 11 is 0. The Morgan fingerprint density at radius 3 is 2.92 bits per heavy atom. The molecule has 2 aromatic rings. The summed E-state index contributed by atoms with van der Waals surface area (Å²) in [6.07, 6.45) is 1.88. The summed E-state index contributed by atoms with van der Waals surface area (Å²) in [6.45, 7) is 5.92. The van der Waals surface area contributed by atoms with Crippen LogP contribution in [0.5, 0.6) is 0 Å². The minimum atomic E-state index is 1.04. The lowest BCUT2D eigenvalue weighted by atomic mass is 10.1. The van der Waals surface area contributed by atoms with E-state index in [1.54, 1.807) is 0 Å². The number of fused-ring (bicyclic) bond motifs is 1. The largest absolute Gasteiger partial charge is 0.256 e. The van der Waals surface area contributed by atoms with Crippen LogP contribution in [0, 0.1) is 13.8 Å². The monoisotopic (exact) mass is 156 g/mol. The number of hydrogen-bond acceptors (Lipinski definition) is 1.